The first-order chi connectivity index (χ1) is 6.65. The summed E-state index contributed by atoms with van der Waals surface area (Å²) in [5.74, 6) is 0.938. The lowest BCUT2D eigenvalue weighted by atomic mass is 10.1. The van der Waals surface area contributed by atoms with Crippen LogP contribution in [0.3, 0.4) is 0 Å². The zero-order valence-corrected chi connectivity index (χ0v) is 9.70. The molecule has 14 heavy (non-hydrogen) atoms. The SMILES string of the molecule is C[C@@H]1CC[C@H](N2C[C@@H](C)O[C@@H](C)C2)C1. The Bertz CT molecular complexity index is 185. The highest BCUT2D eigenvalue weighted by Crippen LogP contribution is 2.30. The highest BCUT2D eigenvalue weighted by atomic mass is 16.5. The molecule has 4 atom stereocenters. The van der Waals surface area contributed by atoms with Crippen LogP contribution in [0.4, 0.5) is 0 Å². The third kappa shape index (κ3) is 2.29. The lowest BCUT2D eigenvalue weighted by molar-refractivity contribution is -0.0798. The van der Waals surface area contributed by atoms with E-state index in [2.05, 4.69) is 25.7 Å². The summed E-state index contributed by atoms with van der Waals surface area (Å²) in [6, 6.07) is 0.846. The topological polar surface area (TPSA) is 12.5 Å². The van der Waals surface area contributed by atoms with Crippen LogP contribution in [0.2, 0.25) is 0 Å². The molecule has 0 radical (unpaired) electrons. The molecule has 82 valence electrons. The Morgan fingerprint density at radius 3 is 2.14 bits per heavy atom. The molecular formula is C12H23NO. The smallest absolute Gasteiger partial charge is 0.0678 e. The first kappa shape index (κ1) is 10.4. The molecule has 0 aromatic carbocycles. The van der Waals surface area contributed by atoms with Crippen molar-refractivity contribution in [2.75, 3.05) is 13.1 Å². The van der Waals surface area contributed by atoms with E-state index in [1.807, 2.05) is 0 Å². The fourth-order valence-electron chi connectivity index (χ4n) is 3.02. The molecule has 1 heterocycles. The van der Waals surface area contributed by atoms with Gasteiger partial charge in [0.05, 0.1) is 12.2 Å². The molecule has 2 rings (SSSR count). The fourth-order valence-corrected chi connectivity index (χ4v) is 3.02. The first-order valence-electron chi connectivity index (χ1n) is 6.04. The second-order valence-electron chi connectivity index (χ2n) is 5.28. The summed E-state index contributed by atoms with van der Waals surface area (Å²) in [7, 11) is 0. The molecule has 1 aliphatic heterocycles. The van der Waals surface area contributed by atoms with Crippen LogP contribution in [0.15, 0.2) is 0 Å². The number of nitrogens with zero attached hydrogens (tertiary/aromatic N) is 1. The van der Waals surface area contributed by atoms with E-state index in [1.54, 1.807) is 0 Å². The summed E-state index contributed by atoms with van der Waals surface area (Å²) in [6.07, 6.45) is 5.08. The molecule has 0 N–H and O–H groups in total. The average molecular weight is 197 g/mol. The molecular weight excluding hydrogens is 174 g/mol. The largest absolute Gasteiger partial charge is 0.373 e. The lowest BCUT2D eigenvalue weighted by Crippen LogP contribution is -2.49. The predicted molar refractivity (Wildman–Crippen MR) is 58.4 cm³/mol. The van der Waals surface area contributed by atoms with E-state index >= 15 is 0 Å². The second kappa shape index (κ2) is 4.19. The maximum atomic E-state index is 5.76. The van der Waals surface area contributed by atoms with Crippen LogP contribution in [-0.4, -0.2) is 36.2 Å². The Morgan fingerprint density at radius 2 is 1.64 bits per heavy atom. The van der Waals surface area contributed by atoms with Gasteiger partial charge < -0.3 is 4.74 Å². The van der Waals surface area contributed by atoms with Crippen molar-refractivity contribution >= 4 is 0 Å². The van der Waals surface area contributed by atoms with Crippen molar-refractivity contribution in [3.63, 3.8) is 0 Å². The van der Waals surface area contributed by atoms with E-state index in [0.717, 1.165) is 25.0 Å². The average Bonchev–Trinajstić information content (AvgIpc) is 2.50. The van der Waals surface area contributed by atoms with E-state index in [4.69, 9.17) is 4.74 Å². The van der Waals surface area contributed by atoms with Crippen molar-refractivity contribution in [1.29, 1.82) is 0 Å². The summed E-state index contributed by atoms with van der Waals surface area (Å²) >= 11 is 0. The van der Waals surface area contributed by atoms with Gasteiger partial charge in [0.2, 0.25) is 0 Å². The van der Waals surface area contributed by atoms with Crippen LogP contribution in [0.1, 0.15) is 40.0 Å². The number of rotatable bonds is 1. The number of morpholine rings is 1. The standard InChI is InChI=1S/C12H23NO/c1-9-4-5-12(6-9)13-7-10(2)14-11(3)8-13/h9-12H,4-8H2,1-3H3/t9-,10-,11+,12+/m1/s1. The second-order valence-corrected chi connectivity index (χ2v) is 5.28. The number of ether oxygens (including phenoxy) is 1. The minimum Gasteiger partial charge on any atom is -0.373 e. The van der Waals surface area contributed by atoms with Gasteiger partial charge in [0.1, 0.15) is 0 Å². The van der Waals surface area contributed by atoms with Crippen LogP contribution < -0.4 is 0 Å². The van der Waals surface area contributed by atoms with Gasteiger partial charge in [0, 0.05) is 19.1 Å². The van der Waals surface area contributed by atoms with Gasteiger partial charge in [-0.15, -0.1) is 0 Å². The first-order valence-corrected chi connectivity index (χ1v) is 6.04. The zero-order valence-electron chi connectivity index (χ0n) is 9.70. The van der Waals surface area contributed by atoms with Gasteiger partial charge in [0.25, 0.3) is 0 Å². The van der Waals surface area contributed by atoms with E-state index in [-0.39, 0.29) is 0 Å². The summed E-state index contributed by atoms with van der Waals surface area (Å²) in [6.45, 7) is 9.05. The highest BCUT2D eigenvalue weighted by Gasteiger charge is 2.31. The maximum absolute atomic E-state index is 5.76. The molecule has 0 aromatic heterocycles. The summed E-state index contributed by atoms with van der Waals surface area (Å²) < 4.78 is 5.76. The van der Waals surface area contributed by atoms with E-state index < -0.39 is 0 Å². The fraction of sp³-hybridized carbons (Fsp3) is 1.00. The highest BCUT2D eigenvalue weighted by molar-refractivity contribution is 4.85. The van der Waals surface area contributed by atoms with Crippen LogP contribution in [0.5, 0.6) is 0 Å². The molecule has 0 bridgehead atoms. The predicted octanol–water partition coefficient (Wildman–Crippen LogP) is 2.28. The minimum absolute atomic E-state index is 0.426. The van der Waals surface area contributed by atoms with E-state index in [9.17, 15) is 0 Å². The summed E-state index contributed by atoms with van der Waals surface area (Å²) in [4.78, 5) is 2.66. The van der Waals surface area contributed by atoms with E-state index in [1.165, 1.54) is 19.3 Å². The summed E-state index contributed by atoms with van der Waals surface area (Å²) in [5, 5.41) is 0. The molecule has 0 spiro atoms. The number of hydrogen-bond acceptors (Lipinski definition) is 2. The molecule has 1 aliphatic carbocycles. The Kier molecular flexibility index (Phi) is 3.13. The molecule has 2 nitrogen and oxygen atoms in total. The molecule has 1 saturated carbocycles. The van der Waals surface area contributed by atoms with Gasteiger partial charge in [0.15, 0.2) is 0 Å². The summed E-state index contributed by atoms with van der Waals surface area (Å²) in [5.41, 5.74) is 0. The molecule has 2 heteroatoms. The Labute approximate surface area is 87.6 Å². The van der Waals surface area contributed by atoms with Crippen molar-refractivity contribution < 1.29 is 4.74 Å². The van der Waals surface area contributed by atoms with Gasteiger partial charge in [-0.25, -0.2) is 0 Å². The van der Waals surface area contributed by atoms with Crippen LogP contribution in [0, 0.1) is 5.92 Å². The van der Waals surface area contributed by atoms with Crippen molar-refractivity contribution in [1.82, 2.24) is 4.90 Å². The molecule has 0 amide bonds. The van der Waals surface area contributed by atoms with Crippen molar-refractivity contribution in [3.05, 3.63) is 0 Å². The van der Waals surface area contributed by atoms with Crippen LogP contribution in [0.25, 0.3) is 0 Å². The minimum atomic E-state index is 0.426. The Morgan fingerprint density at radius 1 is 1.00 bits per heavy atom. The lowest BCUT2D eigenvalue weighted by Gasteiger charge is -2.39. The maximum Gasteiger partial charge on any atom is 0.0678 e. The zero-order chi connectivity index (χ0) is 10.1. The monoisotopic (exact) mass is 197 g/mol. The van der Waals surface area contributed by atoms with Crippen molar-refractivity contribution in [3.8, 4) is 0 Å². The third-order valence-electron chi connectivity index (χ3n) is 3.63. The van der Waals surface area contributed by atoms with E-state index in [0.29, 0.717) is 12.2 Å². The Balaban J connectivity index is 1.90. The molecule has 2 fully saturated rings. The van der Waals surface area contributed by atoms with Crippen LogP contribution in [-0.2, 0) is 4.74 Å². The normalized spacial score (nSPS) is 45.6. The van der Waals surface area contributed by atoms with Gasteiger partial charge in [-0.1, -0.05) is 6.92 Å². The third-order valence-corrected chi connectivity index (χ3v) is 3.63. The molecule has 0 aromatic rings. The van der Waals surface area contributed by atoms with Crippen molar-refractivity contribution in [2.45, 2.75) is 58.3 Å². The molecule has 2 aliphatic rings. The van der Waals surface area contributed by atoms with Gasteiger partial charge >= 0.3 is 0 Å². The van der Waals surface area contributed by atoms with Gasteiger partial charge in [-0.3, -0.25) is 4.90 Å². The quantitative estimate of drug-likeness (QED) is 0.639. The van der Waals surface area contributed by atoms with Gasteiger partial charge in [-0.05, 0) is 39.0 Å². The molecule has 0 unspecified atom stereocenters. The Hall–Kier alpha value is -0.0800. The van der Waals surface area contributed by atoms with Gasteiger partial charge in [-0.2, -0.15) is 0 Å². The molecule has 1 saturated heterocycles. The van der Waals surface area contributed by atoms with Crippen molar-refractivity contribution in [2.24, 2.45) is 5.92 Å². The number of hydrogen-bond donors (Lipinski definition) is 0. The van der Waals surface area contributed by atoms with Crippen LogP contribution >= 0.6 is 0 Å².